The summed E-state index contributed by atoms with van der Waals surface area (Å²) >= 11 is 0. The Labute approximate surface area is 160 Å². The van der Waals surface area contributed by atoms with Crippen LogP contribution in [-0.2, 0) is 9.59 Å². The van der Waals surface area contributed by atoms with Crippen molar-refractivity contribution >= 4 is 22.7 Å². The van der Waals surface area contributed by atoms with Crippen LogP contribution in [0.4, 0.5) is 0 Å². The normalized spacial score (nSPS) is 14.8. The number of carbonyl (C=O) groups is 2. The van der Waals surface area contributed by atoms with E-state index in [0.29, 0.717) is 11.0 Å². The predicted molar refractivity (Wildman–Crippen MR) is 104 cm³/mol. The van der Waals surface area contributed by atoms with Gasteiger partial charge >= 0.3 is 11.6 Å². The monoisotopic (exact) mass is 378 g/mol. The van der Waals surface area contributed by atoms with Crippen LogP contribution in [0.25, 0.3) is 11.0 Å². The molecule has 3 rings (SSSR count). The molecule has 0 spiro atoms. The van der Waals surface area contributed by atoms with E-state index >= 15 is 0 Å². The third-order valence-electron chi connectivity index (χ3n) is 4.44. The molecule has 1 unspecified atom stereocenters. The number of carboxylic acid groups (broad SMARTS) is 1. The number of allylic oxidation sites excluding steroid dienone is 6. The van der Waals surface area contributed by atoms with Crippen molar-refractivity contribution in [1.29, 1.82) is 0 Å². The number of carbonyl (C=O) groups excluding carboxylic acids is 1. The highest BCUT2D eigenvalue weighted by atomic mass is 16.4. The van der Waals surface area contributed by atoms with Crippen LogP contribution in [-0.4, -0.2) is 22.0 Å². The molecule has 1 aliphatic rings. The van der Waals surface area contributed by atoms with Crippen molar-refractivity contribution in [3.8, 4) is 5.75 Å². The van der Waals surface area contributed by atoms with Gasteiger partial charge < -0.3 is 14.6 Å². The molecule has 0 aliphatic heterocycles. The molecule has 1 aromatic carbocycles. The first-order chi connectivity index (χ1) is 13.4. The van der Waals surface area contributed by atoms with Gasteiger partial charge in [-0.25, -0.2) is 9.59 Å². The second-order valence-electron chi connectivity index (χ2n) is 6.42. The highest BCUT2D eigenvalue weighted by molar-refractivity contribution is 5.90. The van der Waals surface area contributed by atoms with Gasteiger partial charge in [-0.15, -0.1) is 0 Å². The number of aliphatic carboxylic acids is 1. The molecule has 1 atom stereocenters. The summed E-state index contributed by atoms with van der Waals surface area (Å²) < 4.78 is 5.34. The number of rotatable bonds is 5. The van der Waals surface area contributed by atoms with Gasteiger partial charge in [0.05, 0.1) is 16.5 Å². The van der Waals surface area contributed by atoms with Gasteiger partial charge in [0.25, 0.3) is 0 Å². The van der Waals surface area contributed by atoms with Gasteiger partial charge in [0.1, 0.15) is 17.1 Å². The molecule has 0 amide bonds. The van der Waals surface area contributed by atoms with E-state index in [2.05, 4.69) is 0 Å². The summed E-state index contributed by atoms with van der Waals surface area (Å²) in [7, 11) is 0. The first kappa shape index (κ1) is 19.1. The number of carboxylic acids is 1. The molecule has 0 fully saturated rings. The average molecular weight is 378 g/mol. The van der Waals surface area contributed by atoms with E-state index < -0.39 is 17.5 Å². The maximum Gasteiger partial charge on any atom is 0.343 e. The minimum Gasteiger partial charge on any atom is -0.507 e. The van der Waals surface area contributed by atoms with Crippen molar-refractivity contribution in [3.05, 3.63) is 87.9 Å². The fraction of sp³-hybridized carbons (Fsp3) is 0.136. The number of aromatic hydroxyl groups is 1. The Balaban J connectivity index is 2.18. The summed E-state index contributed by atoms with van der Waals surface area (Å²) in [6, 6.07) is 6.58. The van der Waals surface area contributed by atoms with E-state index in [-0.39, 0.29) is 34.7 Å². The molecule has 1 heterocycles. The summed E-state index contributed by atoms with van der Waals surface area (Å²) in [4.78, 5) is 35.8. The molecule has 2 N–H and O–H groups in total. The first-order valence-electron chi connectivity index (χ1n) is 8.62. The number of para-hydroxylation sites is 1. The lowest BCUT2D eigenvalue weighted by molar-refractivity contribution is -0.132. The molecule has 28 heavy (non-hydrogen) atoms. The van der Waals surface area contributed by atoms with Crippen molar-refractivity contribution in [2.45, 2.75) is 19.3 Å². The van der Waals surface area contributed by atoms with Gasteiger partial charge in [-0.2, -0.15) is 0 Å². The van der Waals surface area contributed by atoms with Crippen molar-refractivity contribution in [2.75, 3.05) is 0 Å². The maximum absolute atomic E-state index is 12.6. The SMILES string of the molecule is CC(=O)CC(C1=CC=CC=C(C(=O)O)C=C1)c1c(O)c2ccccc2oc1=O. The Kier molecular flexibility index (Phi) is 5.40. The Hall–Kier alpha value is -3.67. The average Bonchev–Trinajstić information content (AvgIpc) is 2.60. The fourth-order valence-corrected chi connectivity index (χ4v) is 3.13. The molecular formula is C22H18O6. The van der Waals surface area contributed by atoms with Crippen molar-refractivity contribution in [3.63, 3.8) is 0 Å². The summed E-state index contributed by atoms with van der Waals surface area (Å²) in [6.45, 7) is 1.39. The molecular weight excluding hydrogens is 360 g/mol. The van der Waals surface area contributed by atoms with E-state index in [4.69, 9.17) is 4.42 Å². The summed E-state index contributed by atoms with van der Waals surface area (Å²) in [5.74, 6) is -2.32. The van der Waals surface area contributed by atoms with Crippen LogP contribution in [0.15, 0.2) is 81.1 Å². The van der Waals surface area contributed by atoms with E-state index in [9.17, 15) is 24.6 Å². The zero-order valence-electron chi connectivity index (χ0n) is 15.1. The van der Waals surface area contributed by atoms with E-state index in [1.54, 1.807) is 42.5 Å². The van der Waals surface area contributed by atoms with Crippen LogP contribution in [0.1, 0.15) is 24.8 Å². The van der Waals surface area contributed by atoms with Gasteiger partial charge in [0.2, 0.25) is 0 Å². The lowest BCUT2D eigenvalue weighted by Crippen LogP contribution is -2.17. The van der Waals surface area contributed by atoms with Gasteiger partial charge in [-0.3, -0.25) is 4.79 Å². The highest BCUT2D eigenvalue weighted by Crippen LogP contribution is 2.37. The predicted octanol–water partition coefficient (Wildman–Crippen LogP) is 3.62. The molecule has 0 bridgehead atoms. The topological polar surface area (TPSA) is 105 Å². The van der Waals surface area contributed by atoms with Crippen LogP contribution in [0, 0.1) is 0 Å². The van der Waals surface area contributed by atoms with Gasteiger partial charge in [-0.1, -0.05) is 36.4 Å². The second kappa shape index (κ2) is 7.92. The Bertz CT molecular complexity index is 1130. The summed E-state index contributed by atoms with van der Waals surface area (Å²) in [5, 5.41) is 20.3. The number of hydrogen-bond acceptors (Lipinski definition) is 5. The number of hydrogen-bond donors (Lipinski definition) is 2. The Morgan fingerprint density at radius 2 is 1.82 bits per heavy atom. The second-order valence-corrected chi connectivity index (χ2v) is 6.42. The quantitative estimate of drug-likeness (QED) is 0.770. The standard InChI is InChI=1S/C22H18O6/c1-13(23)12-17(14-6-2-3-7-15(11-10-14)21(25)26)19-20(24)16-8-4-5-9-18(16)28-22(19)27/h2-11,17,24H,12H2,1H3,(H,25,26). The van der Waals surface area contributed by atoms with Crippen LogP contribution in [0.3, 0.4) is 0 Å². The number of Topliss-reactive ketones (excluding diaryl/α,β-unsaturated/α-hetero) is 1. The maximum atomic E-state index is 12.6. The van der Waals surface area contributed by atoms with Gasteiger partial charge in [0.15, 0.2) is 0 Å². The van der Waals surface area contributed by atoms with E-state index in [0.717, 1.165) is 0 Å². The van der Waals surface area contributed by atoms with E-state index in [1.807, 2.05) is 0 Å². The van der Waals surface area contributed by atoms with E-state index in [1.165, 1.54) is 25.2 Å². The largest absolute Gasteiger partial charge is 0.507 e. The zero-order valence-corrected chi connectivity index (χ0v) is 15.1. The lowest BCUT2D eigenvalue weighted by Gasteiger charge is -2.18. The number of fused-ring (bicyclic) bond motifs is 1. The zero-order chi connectivity index (χ0) is 20.3. The Morgan fingerprint density at radius 3 is 2.54 bits per heavy atom. The molecule has 2 aromatic rings. The molecule has 6 nitrogen and oxygen atoms in total. The van der Waals surface area contributed by atoms with Crippen LogP contribution in [0.2, 0.25) is 0 Å². The molecule has 1 aromatic heterocycles. The summed E-state index contributed by atoms with van der Waals surface area (Å²) in [5.41, 5.74) is 0.0410. The van der Waals surface area contributed by atoms with Crippen molar-refractivity contribution in [2.24, 2.45) is 0 Å². The third-order valence-corrected chi connectivity index (χ3v) is 4.44. The first-order valence-corrected chi connectivity index (χ1v) is 8.62. The van der Waals surface area contributed by atoms with Crippen LogP contribution >= 0.6 is 0 Å². The molecule has 0 radical (unpaired) electrons. The third kappa shape index (κ3) is 3.86. The van der Waals surface area contributed by atoms with Crippen LogP contribution in [0.5, 0.6) is 5.75 Å². The highest BCUT2D eigenvalue weighted by Gasteiger charge is 2.26. The minimum absolute atomic E-state index is 0.0281. The van der Waals surface area contributed by atoms with Crippen LogP contribution < -0.4 is 5.63 Å². The van der Waals surface area contributed by atoms with Gasteiger partial charge in [-0.05, 0) is 36.8 Å². The number of benzene rings is 1. The smallest absolute Gasteiger partial charge is 0.343 e. The molecule has 1 aliphatic carbocycles. The molecule has 0 saturated carbocycles. The molecule has 6 heteroatoms. The number of ketones is 1. The molecule has 142 valence electrons. The molecule has 0 saturated heterocycles. The van der Waals surface area contributed by atoms with Crippen molar-refractivity contribution < 1.29 is 24.2 Å². The van der Waals surface area contributed by atoms with Crippen molar-refractivity contribution in [1.82, 2.24) is 0 Å². The summed E-state index contributed by atoms with van der Waals surface area (Å²) in [6.07, 6.45) is 9.17. The fourth-order valence-electron chi connectivity index (χ4n) is 3.13. The lowest BCUT2D eigenvalue weighted by atomic mass is 9.85. The van der Waals surface area contributed by atoms with Gasteiger partial charge in [0, 0.05) is 12.3 Å². The minimum atomic E-state index is -1.10. The Morgan fingerprint density at radius 1 is 1.11 bits per heavy atom.